The second kappa shape index (κ2) is 7.58. The quantitative estimate of drug-likeness (QED) is 0.388. The Hall–Kier alpha value is -3.21. The first-order chi connectivity index (χ1) is 12.9. The third kappa shape index (κ3) is 4.14. The van der Waals surface area contributed by atoms with Gasteiger partial charge in [-0.05, 0) is 26.0 Å². The van der Waals surface area contributed by atoms with Crippen molar-refractivity contribution in [1.29, 1.82) is 0 Å². The molecular formula is C16H16N6O4S. The fourth-order valence-electron chi connectivity index (χ4n) is 2.43. The molecule has 2 aromatic heterocycles. The molecular weight excluding hydrogens is 372 g/mol. The molecule has 10 nitrogen and oxygen atoms in total. The maximum absolute atomic E-state index is 12.2. The lowest BCUT2D eigenvalue weighted by Crippen LogP contribution is -2.15. The molecule has 0 atom stereocenters. The van der Waals surface area contributed by atoms with E-state index in [2.05, 4.69) is 20.4 Å². The molecule has 0 saturated heterocycles. The summed E-state index contributed by atoms with van der Waals surface area (Å²) in [6, 6.07) is 5.88. The number of nitro benzene ring substituents is 1. The minimum atomic E-state index is -0.540. The molecule has 1 N–H and O–H groups in total. The Morgan fingerprint density at radius 2 is 2.11 bits per heavy atom. The van der Waals surface area contributed by atoms with Crippen LogP contribution in [-0.4, -0.2) is 43.3 Å². The lowest BCUT2D eigenvalue weighted by atomic mass is 10.2. The van der Waals surface area contributed by atoms with E-state index >= 15 is 0 Å². The fraction of sp³-hybridized carbons (Fsp3) is 0.250. The van der Waals surface area contributed by atoms with E-state index in [1.54, 1.807) is 4.52 Å². The summed E-state index contributed by atoms with van der Waals surface area (Å²) >= 11 is 1.14. The van der Waals surface area contributed by atoms with E-state index in [0.29, 0.717) is 16.7 Å². The lowest BCUT2D eigenvalue weighted by Gasteiger charge is -2.09. The van der Waals surface area contributed by atoms with Gasteiger partial charge in [-0.25, -0.2) is 9.50 Å². The van der Waals surface area contributed by atoms with Crippen LogP contribution in [0, 0.1) is 24.0 Å². The Morgan fingerprint density at radius 3 is 2.81 bits per heavy atom. The summed E-state index contributed by atoms with van der Waals surface area (Å²) < 4.78 is 6.74. The van der Waals surface area contributed by atoms with Crippen LogP contribution in [0.3, 0.4) is 0 Å². The van der Waals surface area contributed by atoms with Gasteiger partial charge in [-0.1, -0.05) is 11.8 Å². The van der Waals surface area contributed by atoms with Crippen LogP contribution >= 0.6 is 11.8 Å². The summed E-state index contributed by atoms with van der Waals surface area (Å²) in [7, 11) is 1.42. The number of amides is 1. The van der Waals surface area contributed by atoms with Gasteiger partial charge < -0.3 is 10.1 Å². The van der Waals surface area contributed by atoms with E-state index in [9.17, 15) is 14.9 Å². The van der Waals surface area contributed by atoms with E-state index in [-0.39, 0.29) is 23.0 Å². The molecule has 1 aromatic carbocycles. The smallest absolute Gasteiger partial charge is 0.271 e. The average molecular weight is 388 g/mol. The number of hydrogen-bond acceptors (Lipinski definition) is 8. The zero-order chi connectivity index (χ0) is 19.6. The van der Waals surface area contributed by atoms with E-state index in [1.807, 2.05) is 19.9 Å². The van der Waals surface area contributed by atoms with Crippen LogP contribution in [0.25, 0.3) is 5.78 Å². The first-order valence-electron chi connectivity index (χ1n) is 7.83. The van der Waals surface area contributed by atoms with Crippen molar-refractivity contribution in [2.75, 3.05) is 18.2 Å². The Balaban J connectivity index is 1.71. The molecule has 11 heteroatoms. The largest absolute Gasteiger partial charge is 0.495 e. The molecule has 0 aliphatic rings. The zero-order valence-electron chi connectivity index (χ0n) is 14.8. The number of aryl methyl sites for hydroxylation is 2. The Labute approximate surface area is 158 Å². The van der Waals surface area contributed by atoms with Crippen molar-refractivity contribution in [2.45, 2.75) is 19.0 Å². The van der Waals surface area contributed by atoms with Crippen molar-refractivity contribution in [3.05, 3.63) is 45.8 Å². The lowest BCUT2D eigenvalue weighted by molar-refractivity contribution is -0.384. The minimum Gasteiger partial charge on any atom is -0.495 e. The van der Waals surface area contributed by atoms with Gasteiger partial charge in [0.1, 0.15) is 5.75 Å². The molecule has 0 saturated carbocycles. The molecule has 140 valence electrons. The summed E-state index contributed by atoms with van der Waals surface area (Å²) in [5.41, 5.74) is 1.81. The van der Waals surface area contributed by atoms with Crippen molar-refractivity contribution in [1.82, 2.24) is 19.6 Å². The number of aromatic nitrogens is 4. The van der Waals surface area contributed by atoms with Crippen molar-refractivity contribution in [2.24, 2.45) is 0 Å². The van der Waals surface area contributed by atoms with Crippen LogP contribution in [0.1, 0.15) is 11.4 Å². The van der Waals surface area contributed by atoms with Crippen LogP contribution in [0.2, 0.25) is 0 Å². The second-order valence-corrected chi connectivity index (χ2v) is 6.57. The Kier molecular flexibility index (Phi) is 5.21. The van der Waals surface area contributed by atoms with Gasteiger partial charge in [-0.15, -0.1) is 5.10 Å². The van der Waals surface area contributed by atoms with Crippen LogP contribution in [-0.2, 0) is 4.79 Å². The average Bonchev–Trinajstić information content (AvgIpc) is 3.03. The van der Waals surface area contributed by atoms with Gasteiger partial charge >= 0.3 is 0 Å². The van der Waals surface area contributed by atoms with E-state index in [0.717, 1.165) is 23.1 Å². The fourth-order valence-corrected chi connectivity index (χ4v) is 3.05. The number of thioether (sulfide) groups is 1. The number of nitrogens with zero attached hydrogens (tertiary/aromatic N) is 5. The number of carbonyl (C=O) groups is 1. The molecule has 2 heterocycles. The zero-order valence-corrected chi connectivity index (χ0v) is 15.6. The summed E-state index contributed by atoms with van der Waals surface area (Å²) in [5, 5.41) is 18.3. The number of fused-ring (bicyclic) bond motifs is 1. The topological polar surface area (TPSA) is 125 Å². The predicted molar refractivity (Wildman–Crippen MR) is 99.3 cm³/mol. The highest BCUT2D eigenvalue weighted by molar-refractivity contribution is 7.99. The van der Waals surface area contributed by atoms with Crippen molar-refractivity contribution in [3.8, 4) is 5.75 Å². The number of hydrogen-bond donors (Lipinski definition) is 1. The number of carbonyl (C=O) groups excluding carboxylic acids is 1. The number of non-ortho nitro benzene ring substituents is 1. The summed E-state index contributed by atoms with van der Waals surface area (Å²) in [6.07, 6.45) is 0. The molecule has 0 bridgehead atoms. The molecule has 0 spiro atoms. The highest BCUT2D eigenvalue weighted by Gasteiger charge is 2.15. The van der Waals surface area contributed by atoms with Crippen molar-refractivity contribution < 1.29 is 14.5 Å². The highest BCUT2D eigenvalue weighted by atomic mass is 32.2. The van der Waals surface area contributed by atoms with Crippen LogP contribution in [0.5, 0.6) is 5.75 Å². The van der Waals surface area contributed by atoms with Gasteiger partial charge in [-0.2, -0.15) is 4.98 Å². The maximum atomic E-state index is 12.2. The van der Waals surface area contributed by atoms with Gasteiger partial charge in [0.05, 0.1) is 23.5 Å². The molecule has 27 heavy (non-hydrogen) atoms. The van der Waals surface area contributed by atoms with Gasteiger partial charge in [0.15, 0.2) is 0 Å². The Bertz CT molecular complexity index is 1040. The summed E-state index contributed by atoms with van der Waals surface area (Å²) in [4.78, 5) is 31.2. The maximum Gasteiger partial charge on any atom is 0.271 e. The molecule has 0 aliphatic carbocycles. The molecule has 0 radical (unpaired) electrons. The van der Waals surface area contributed by atoms with E-state index in [1.165, 1.54) is 25.3 Å². The first-order valence-corrected chi connectivity index (χ1v) is 8.82. The van der Waals surface area contributed by atoms with Gasteiger partial charge in [0.25, 0.3) is 11.5 Å². The number of ether oxygens (including phenoxy) is 1. The molecule has 1 amide bonds. The number of nitro groups is 1. The van der Waals surface area contributed by atoms with Gasteiger partial charge in [0, 0.05) is 23.5 Å². The third-order valence-corrected chi connectivity index (χ3v) is 4.44. The van der Waals surface area contributed by atoms with Crippen LogP contribution < -0.4 is 10.1 Å². The van der Waals surface area contributed by atoms with E-state index < -0.39 is 4.92 Å². The minimum absolute atomic E-state index is 0.0285. The number of nitrogens with one attached hydrogen (secondary N) is 1. The predicted octanol–water partition coefficient (Wildman–Crippen LogP) is 2.39. The number of methoxy groups -OCH3 is 1. The Morgan fingerprint density at radius 1 is 1.33 bits per heavy atom. The van der Waals surface area contributed by atoms with E-state index in [4.69, 9.17) is 4.74 Å². The number of rotatable bonds is 6. The van der Waals surface area contributed by atoms with Gasteiger partial charge in [-0.3, -0.25) is 14.9 Å². The molecule has 0 unspecified atom stereocenters. The SMILES string of the molecule is COc1ccc([N+](=O)[O-])cc1NC(=O)CSc1nc2nc(C)cc(C)n2n1. The second-order valence-electron chi connectivity index (χ2n) is 5.62. The third-order valence-electron chi connectivity index (χ3n) is 3.60. The summed E-state index contributed by atoms with van der Waals surface area (Å²) in [6.45, 7) is 3.76. The molecule has 3 aromatic rings. The van der Waals surface area contributed by atoms with Crippen molar-refractivity contribution in [3.63, 3.8) is 0 Å². The summed E-state index contributed by atoms with van der Waals surface area (Å²) in [5.74, 6) is 0.468. The van der Waals surface area contributed by atoms with Crippen molar-refractivity contribution >= 4 is 34.8 Å². The van der Waals surface area contributed by atoms with Crippen LogP contribution in [0.15, 0.2) is 29.4 Å². The molecule has 0 fully saturated rings. The first kappa shape index (κ1) is 18.6. The highest BCUT2D eigenvalue weighted by Crippen LogP contribution is 2.29. The standard InChI is InChI=1S/C16H16N6O4S/c1-9-6-10(2)21-15(17-9)19-16(20-21)27-8-14(23)18-12-7-11(22(24)25)4-5-13(12)26-3/h4-7H,8H2,1-3H3,(H,18,23). The number of benzene rings is 1. The molecule has 0 aliphatic heterocycles. The number of anilines is 1. The molecule has 3 rings (SSSR count). The van der Waals surface area contributed by atoms with Gasteiger partial charge in [0.2, 0.25) is 11.1 Å². The normalized spacial score (nSPS) is 10.8. The monoisotopic (exact) mass is 388 g/mol. The van der Waals surface area contributed by atoms with Crippen LogP contribution in [0.4, 0.5) is 11.4 Å².